The zero-order chi connectivity index (χ0) is 13.0. The van der Waals surface area contributed by atoms with Crippen molar-refractivity contribution in [3.8, 4) is 6.07 Å². The number of rotatable bonds is 3. The van der Waals surface area contributed by atoms with Gasteiger partial charge in [0, 0.05) is 26.2 Å². The Balaban J connectivity index is 1.91. The minimum absolute atomic E-state index is 0.0362. The van der Waals surface area contributed by atoms with Gasteiger partial charge in [0.05, 0.1) is 18.4 Å². The monoisotopic (exact) mass is 247 g/mol. The summed E-state index contributed by atoms with van der Waals surface area (Å²) in [6.45, 7) is 4.81. The highest BCUT2D eigenvalue weighted by Crippen LogP contribution is 2.12. The van der Waals surface area contributed by atoms with Crippen LogP contribution in [0, 0.1) is 11.3 Å². The normalized spacial score (nSPS) is 18.3. The molecular weight excluding hydrogens is 230 g/mol. The Morgan fingerprint density at radius 3 is 2.72 bits per heavy atom. The number of nitrogens with zero attached hydrogens (tertiary/aromatic N) is 3. The fourth-order valence-corrected chi connectivity index (χ4v) is 2.22. The van der Waals surface area contributed by atoms with Gasteiger partial charge in [-0.05, 0) is 18.6 Å². The van der Waals surface area contributed by atoms with Gasteiger partial charge in [-0.1, -0.05) is 6.92 Å². The summed E-state index contributed by atoms with van der Waals surface area (Å²) in [5.74, 6) is 0.320. The molecule has 5 heteroatoms. The number of carbonyl (C=O) groups is 1. The lowest BCUT2D eigenvalue weighted by molar-refractivity contribution is 0.0575. The van der Waals surface area contributed by atoms with Crippen molar-refractivity contribution < 1.29 is 9.21 Å². The van der Waals surface area contributed by atoms with E-state index in [0.717, 1.165) is 19.5 Å². The van der Waals surface area contributed by atoms with Crippen LogP contribution in [0.25, 0.3) is 0 Å². The minimum atomic E-state index is -0.0651. The van der Waals surface area contributed by atoms with E-state index in [1.54, 1.807) is 17.0 Å². The van der Waals surface area contributed by atoms with Crippen molar-refractivity contribution in [3.05, 3.63) is 24.2 Å². The molecule has 0 aromatic carbocycles. The molecule has 0 N–H and O–H groups in total. The van der Waals surface area contributed by atoms with E-state index in [2.05, 4.69) is 11.0 Å². The molecule has 1 atom stereocenters. The molecule has 1 aliphatic heterocycles. The van der Waals surface area contributed by atoms with E-state index in [4.69, 9.17) is 9.68 Å². The summed E-state index contributed by atoms with van der Waals surface area (Å²) in [5.41, 5.74) is 0. The highest BCUT2D eigenvalue weighted by Gasteiger charge is 2.26. The molecule has 2 rings (SSSR count). The molecule has 1 unspecified atom stereocenters. The predicted octanol–water partition coefficient (Wildman–Crippen LogP) is 1.34. The number of carbonyl (C=O) groups excluding carboxylic acids is 1. The molecule has 1 amide bonds. The lowest BCUT2D eigenvalue weighted by atomic mass is 10.2. The van der Waals surface area contributed by atoms with Gasteiger partial charge in [0.1, 0.15) is 0 Å². The van der Waals surface area contributed by atoms with Crippen molar-refractivity contribution in [1.29, 1.82) is 5.26 Å². The van der Waals surface area contributed by atoms with E-state index in [9.17, 15) is 4.79 Å². The number of amides is 1. The maximum absolute atomic E-state index is 12.0. The Bertz CT molecular complexity index is 428. The van der Waals surface area contributed by atoms with Gasteiger partial charge in [0.25, 0.3) is 5.91 Å². The third kappa shape index (κ3) is 2.54. The zero-order valence-electron chi connectivity index (χ0n) is 10.5. The summed E-state index contributed by atoms with van der Waals surface area (Å²) >= 11 is 0. The van der Waals surface area contributed by atoms with Crippen LogP contribution in [0.4, 0.5) is 0 Å². The van der Waals surface area contributed by atoms with Crippen LogP contribution in [0.2, 0.25) is 0 Å². The Hall–Kier alpha value is -1.80. The van der Waals surface area contributed by atoms with Crippen molar-refractivity contribution in [3.63, 3.8) is 0 Å². The van der Waals surface area contributed by atoms with Crippen molar-refractivity contribution in [2.24, 2.45) is 0 Å². The number of hydrogen-bond acceptors (Lipinski definition) is 4. The Kier molecular flexibility index (Phi) is 4.00. The van der Waals surface area contributed by atoms with Crippen LogP contribution in [-0.2, 0) is 0 Å². The van der Waals surface area contributed by atoms with Gasteiger partial charge in [0.2, 0.25) is 0 Å². The average Bonchev–Trinajstić information content (AvgIpc) is 2.94. The second-order valence-corrected chi connectivity index (χ2v) is 4.36. The van der Waals surface area contributed by atoms with Crippen molar-refractivity contribution in [2.75, 3.05) is 26.2 Å². The van der Waals surface area contributed by atoms with E-state index in [1.165, 1.54) is 6.26 Å². The van der Waals surface area contributed by atoms with Crippen LogP contribution in [0.15, 0.2) is 22.8 Å². The van der Waals surface area contributed by atoms with Crippen LogP contribution >= 0.6 is 0 Å². The van der Waals surface area contributed by atoms with E-state index in [1.807, 2.05) is 6.92 Å². The smallest absolute Gasteiger partial charge is 0.289 e. The molecule has 2 heterocycles. The van der Waals surface area contributed by atoms with Crippen molar-refractivity contribution in [1.82, 2.24) is 9.80 Å². The van der Waals surface area contributed by atoms with Crippen molar-refractivity contribution in [2.45, 2.75) is 19.4 Å². The van der Waals surface area contributed by atoms with Gasteiger partial charge in [0.15, 0.2) is 5.76 Å². The van der Waals surface area contributed by atoms with Gasteiger partial charge >= 0.3 is 0 Å². The SMILES string of the molecule is CCC(C#N)N1CCN(C(=O)c2ccco2)CC1. The first-order valence-electron chi connectivity index (χ1n) is 6.22. The summed E-state index contributed by atoms with van der Waals surface area (Å²) in [4.78, 5) is 15.9. The Morgan fingerprint density at radius 1 is 1.50 bits per heavy atom. The number of hydrogen-bond donors (Lipinski definition) is 0. The summed E-state index contributed by atoms with van der Waals surface area (Å²) < 4.78 is 5.11. The van der Waals surface area contributed by atoms with Crippen LogP contribution in [0.3, 0.4) is 0 Å². The molecule has 0 saturated carbocycles. The lowest BCUT2D eigenvalue weighted by Crippen LogP contribution is -2.51. The molecule has 1 fully saturated rings. The topological polar surface area (TPSA) is 60.5 Å². The summed E-state index contributed by atoms with van der Waals surface area (Å²) in [6.07, 6.45) is 2.33. The standard InChI is InChI=1S/C13H17N3O2/c1-2-11(10-14)15-5-7-16(8-6-15)13(17)12-4-3-9-18-12/h3-4,9,11H,2,5-8H2,1H3. The quantitative estimate of drug-likeness (QED) is 0.808. The molecule has 18 heavy (non-hydrogen) atoms. The first kappa shape index (κ1) is 12.7. The van der Waals surface area contributed by atoms with E-state index in [-0.39, 0.29) is 11.9 Å². The molecule has 0 aliphatic carbocycles. The molecule has 96 valence electrons. The highest BCUT2D eigenvalue weighted by atomic mass is 16.3. The van der Waals surface area contributed by atoms with Crippen LogP contribution in [0.1, 0.15) is 23.9 Å². The fraction of sp³-hybridized carbons (Fsp3) is 0.538. The largest absolute Gasteiger partial charge is 0.459 e. The average molecular weight is 247 g/mol. The summed E-state index contributed by atoms with van der Waals surface area (Å²) in [5, 5.41) is 9.02. The number of nitriles is 1. The molecule has 1 aliphatic rings. The lowest BCUT2D eigenvalue weighted by Gasteiger charge is -2.36. The first-order valence-corrected chi connectivity index (χ1v) is 6.22. The highest BCUT2D eigenvalue weighted by molar-refractivity contribution is 5.91. The second kappa shape index (κ2) is 5.69. The Labute approximate surface area is 107 Å². The van der Waals surface area contributed by atoms with E-state index >= 15 is 0 Å². The third-order valence-electron chi connectivity index (χ3n) is 3.31. The first-order chi connectivity index (χ1) is 8.76. The van der Waals surface area contributed by atoms with E-state index in [0.29, 0.717) is 18.8 Å². The molecule has 0 bridgehead atoms. The summed E-state index contributed by atoms with van der Waals surface area (Å²) in [6, 6.07) is 5.65. The molecular formula is C13H17N3O2. The maximum Gasteiger partial charge on any atom is 0.289 e. The van der Waals surface area contributed by atoms with Crippen LogP contribution in [-0.4, -0.2) is 47.9 Å². The number of furan rings is 1. The fourth-order valence-electron chi connectivity index (χ4n) is 2.22. The van der Waals surface area contributed by atoms with Crippen molar-refractivity contribution >= 4 is 5.91 Å². The third-order valence-corrected chi connectivity index (χ3v) is 3.31. The van der Waals surface area contributed by atoms with Gasteiger partial charge in [-0.2, -0.15) is 5.26 Å². The number of piperazine rings is 1. The molecule has 1 aromatic rings. The maximum atomic E-state index is 12.0. The van der Waals surface area contributed by atoms with Crippen LogP contribution in [0.5, 0.6) is 0 Å². The molecule has 1 saturated heterocycles. The van der Waals surface area contributed by atoms with Gasteiger partial charge < -0.3 is 9.32 Å². The molecule has 1 aromatic heterocycles. The zero-order valence-corrected chi connectivity index (χ0v) is 10.5. The molecule has 0 spiro atoms. The predicted molar refractivity (Wildman–Crippen MR) is 65.9 cm³/mol. The second-order valence-electron chi connectivity index (χ2n) is 4.36. The minimum Gasteiger partial charge on any atom is -0.459 e. The Morgan fingerprint density at radius 2 is 2.22 bits per heavy atom. The van der Waals surface area contributed by atoms with Gasteiger partial charge in [-0.3, -0.25) is 9.69 Å². The van der Waals surface area contributed by atoms with E-state index < -0.39 is 0 Å². The molecule has 0 radical (unpaired) electrons. The van der Waals surface area contributed by atoms with Crippen LogP contribution < -0.4 is 0 Å². The molecule has 5 nitrogen and oxygen atoms in total. The van der Waals surface area contributed by atoms with Gasteiger partial charge in [-0.25, -0.2) is 0 Å². The van der Waals surface area contributed by atoms with Gasteiger partial charge in [-0.15, -0.1) is 0 Å². The summed E-state index contributed by atoms with van der Waals surface area (Å²) in [7, 11) is 0.